The summed E-state index contributed by atoms with van der Waals surface area (Å²) in [4.78, 5) is 16.0. The molecule has 0 aliphatic carbocycles. The second-order valence-electron chi connectivity index (χ2n) is 5.75. The van der Waals surface area contributed by atoms with E-state index in [1.165, 1.54) is 10.4 Å². The fourth-order valence-electron chi connectivity index (χ4n) is 3.11. The smallest absolute Gasteiger partial charge is 0.318 e. The Morgan fingerprint density at radius 3 is 3.18 bits per heavy atom. The average Bonchev–Trinajstić information content (AvgIpc) is 3.16. The maximum atomic E-state index is 12.6. The van der Waals surface area contributed by atoms with Gasteiger partial charge in [0.1, 0.15) is 0 Å². The van der Waals surface area contributed by atoms with E-state index in [0.29, 0.717) is 6.54 Å². The number of hydrogen-bond acceptors (Lipinski definition) is 3. The Morgan fingerprint density at radius 2 is 2.45 bits per heavy atom. The Hall–Kier alpha value is -1.82. The summed E-state index contributed by atoms with van der Waals surface area (Å²) >= 11 is 1.80. The van der Waals surface area contributed by atoms with Crippen LogP contribution in [0.3, 0.4) is 0 Å². The molecule has 0 unspecified atom stereocenters. The molecule has 0 radical (unpaired) electrons. The van der Waals surface area contributed by atoms with Crippen molar-refractivity contribution in [3.8, 4) is 0 Å². The molecule has 5 nitrogen and oxygen atoms in total. The zero-order valence-electron chi connectivity index (χ0n) is 13.0. The number of carbonyl (C=O) groups is 1. The standard InChI is InChI=1S/C16H22N4OS/c1-3-14-13-6-10-22-15(13)5-9-20(14)16(21)18-12(2)11-19-8-4-7-17-19/h4,6-8,10,12,14H,3,5,9,11H2,1-2H3,(H,18,21)/t12-,14+/m1/s1. The van der Waals surface area contributed by atoms with E-state index >= 15 is 0 Å². The first-order valence-electron chi connectivity index (χ1n) is 7.80. The van der Waals surface area contributed by atoms with Gasteiger partial charge in [0.05, 0.1) is 12.6 Å². The van der Waals surface area contributed by atoms with Gasteiger partial charge in [0.15, 0.2) is 0 Å². The van der Waals surface area contributed by atoms with Gasteiger partial charge in [-0.25, -0.2) is 4.79 Å². The number of amides is 2. The molecule has 1 aliphatic heterocycles. The Balaban J connectivity index is 1.64. The summed E-state index contributed by atoms with van der Waals surface area (Å²) in [6.45, 7) is 5.64. The molecule has 0 saturated carbocycles. The fraction of sp³-hybridized carbons (Fsp3) is 0.500. The number of nitrogens with one attached hydrogen (secondary N) is 1. The van der Waals surface area contributed by atoms with Gasteiger partial charge in [-0.2, -0.15) is 5.10 Å². The van der Waals surface area contributed by atoms with Crippen LogP contribution in [0, 0.1) is 0 Å². The second-order valence-corrected chi connectivity index (χ2v) is 6.75. The van der Waals surface area contributed by atoms with E-state index in [2.05, 4.69) is 28.8 Å². The quantitative estimate of drug-likeness (QED) is 0.942. The molecule has 22 heavy (non-hydrogen) atoms. The third kappa shape index (κ3) is 3.02. The van der Waals surface area contributed by atoms with Gasteiger partial charge in [-0.15, -0.1) is 11.3 Å². The molecule has 0 spiro atoms. The highest BCUT2D eigenvalue weighted by atomic mass is 32.1. The molecule has 0 saturated heterocycles. The average molecular weight is 318 g/mol. The van der Waals surface area contributed by atoms with Crippen LogP contribution in [0.5, 0.6) is 0 Å². The number of thiophene rings is 1. The van der Waals surface area contributed by atoms with E-state index in [-0.39, 0.29) is 18.1 Å². The van der Waals surface area contributed by atoms with E-state index in [1.54, 1.807) is 17.5 Å². The molecule has 2 aromatic heterocycles. The minimum Gasteiger partial charge on any atom is -0.334 e. The summed E-state index contributed by atoms with van der Waals surface area (Å²) in [7, 11) is 0. The van der Waals surface area contributed by atoms with Crippen molar-refractivity contribution in [3.05, 3.63) is 40.3 Å². The van der Waals surface area contributed by atoms with Crippen molar-refractivity contribution >= 4 is 17.4 Å². The van der Waals surface area contributed by atoms with Crippen LogP contribution in [-0.4, -0.2) is 33.3 Å². The Bertz CT molecular complexity index is 622. The summed E-state index contributed by atoms with van der Waals surface area (Å²) in [5.41, 5.74) is 1.33. The lowest BCUT2D eigenvalue weighted by molar-refractivity contribution is 0.163. The molecular formula is C16H22N4OS. The maximum Gasteiger partial charge on any atom is 0.318 e. The lowest BCUT2D eigenvalue weighted by Gasteiger charge is -2.36. The first-order valence-corrected chi connectivity index (χ1v) is 8.67. The molecule has 2 amide bonds. The SMILES string of the molecule is CC[C@H]1c2ccsc2CCN1C(=O)N[C@H](C)Cn1cccn1. The highest BCUT2D eigenvalue weighted by molar-refractivity contribution is 7.10. The van der Waals surface area contributed by atoms with E-state index in [1.807, 2.05) is 28.8 Å². The first-order chi connectivity index (χ1) is 10.7. The Labute approximate surface area is 134 Å². The van der Waals surface area contributed by atoms with Gasteiger partial charge in [-0.1, -0.05) is 6.92 Å². The second kappa shape index (κ2) is 6.52. The highest BCUT2D eigenvalue weighted by Crippen LogP contribution is 2.35. The van der Waals surface area contributed by atoms with Crippen LogP contribution in [0.25, 0.3) is 0 Å². The molecule has 3 heterocycles. The van der Waals surface area contributed by atoms with E-state index in [4.69, 9.17) is 0 Å². The van der Waals surface area contributed by atoms with E-state index < -0.39 is 0 Å². The van der Waals surface area contributed by atoms with Crippen LogP contribution < -0.4 is 5.32 Å². The molecule has 3 rings (SSSR count). The van der Waals surface area contributed by atoms with Crippen LogP contribution in [-0.2, 0) is 13.0 Å². The minimum atomic E-state index is 0.0309. The van der Waals surface area contributed by atoms with Gasteiger partial charge in [0, 0.05) is 29.9 Å². The van der Waals surface area contributed by atoms with Crippen molar-refractivity contribution in [1.82, 2.24) is 20.0 Å². The van der Waals surface area contributed by atoms with Crippen molar-refractivity contribution in [2.24, 2.45) is 0 Å². The number of hydrogen-bond donors (Lipinski definition) is 1. The lowest BCUT2D eigenvalue weighted by Crippen LogP contribution is -2.48. The normalized spacial score (nSPS) is 18.8. The first kappa shape index (κ1) is 15.1. The van der Waals surface area contributed by atoms with Gasteiger partial charge in [-0.05, 0) is 42.8 Å². The summed E-state index contributed by atoms with van der Waals surface area (Å²) in [5, 5.41) is 9.42. The Kier molecular flexibility index (Phi) is 4.47. The molecular weight excluding hydrogens is 296 g/mol. The molecule has 2 aromatic rings. The van der Waals surface area contributed by atoms with Crippen LogP contribution >= 0.6 is 11.3 Å². The lowest BCUT2D eigenvalue weighted by atomic mass is 9.98. The number of urea groups is 1. The van der Waals surface area contributed by atoms with Gasteiger partial charge in [-0.3, -0.25) is 4.68 Å². The molecule has 0 fully saturated rings. The Morgan fingerprint density at radius 1 is 1.59 bits per heavy atom. The minimum absolute atomic E-state index is 0.0309. The molecule has 1 N–H and O–H groups in total. The van der Waals surface area contributed by atoms with Crippen molar-refractivity contribution in [3.63, 3.8) is 0 Å². The molecule has 0 aromatic carbocycles. The van der Waals surface area contributed by atoms with E-state index in [0.717, 1.165) is 19.4 Å². The molecule has 118 valence electrons. The van der Waals surface area contributed by atoms with Crippen molar-refractivity contribution in [1.29, 1.82) is 0 Å². The number of aromatic nitrogens is 2. The van der Waals surface area contributed by atoms with Gasteiger partial charge in [0.2, 0.25) is 0 Å². The summed E-state index contributed by atoms with van der Waals surface area (Å²) in [6.07, 6.45) is 5.58. The summed E-state index contributed by atoms with van der Waals surface area (Å²) in [5.74, 6) is 0. The predicted octanol–water partition coefficient (Wildman–Crippen LogP) is 3.05. The van der Waals surface area contributed by atoms with Gasteiger partial charge >= 0.3 is 6.03 Å². The summed E-state index contributed by atoms with van der Waals surface area (Å²) < 4.78 is 1.84. The molecule has 1 aliphatic rings. The van der Waals surface area contributed by atoms with Gasteiger partial charge < -0.3 is 10.2 Å². The third-order valence-corrected chi connectivity index (χ3v) is 5.13. The van der Waals surface area contributed by atoms with Crippen LogP contribution in [0.1, 0.15) is 36.8 Å². The predicted molar refractivity (Wildman–Crippen MR) is 88.0 cm³/mol. The molecule has 2 atom stereocenters. The molecule has 6 heteroatoms. The van der Waals surface area contributed by atoms with Crippen LogP contribution in [0.2, 0.25) is 0 Å². The summed E-state index contributed by atoms with van der Waals surface area (Å²) in [6, 6.07) is 4.34. The fourth-order valence-corrected chi connectivity index (χ4v) is 4.04. The topological polar surface area (TPSA) is 50.2 Å². The van der Waals surface area contributed by atoms with Crippen molar-refractivity contribution in [2.75, 3.05) is 6.54 Å². The van der Waals surface area contributed by atoms with Crippen molar-refractivity contribution in [2.45, 2.75) is 45.3 Å². The third-order valence-electron chi connectivity index (χ3n) is 4.13. The number of carbonyl (C=O) groups excluding carboxylic acids is 1. The number of nitrogens with zero attached hydrogens (tertiary/aromatic N) is 3. The number of rotatable bonds is 4. The van der Waals surface area contributed by atoms with Crippen LogP contribution in [0.4, 0.5) is 4.79 Å². The zero-order chi connectivity index (χ0) is 15.5. The van der Waals surface area contributed by atoms with Gasteiger partial charge in [0.25, 0.3) is 0 Å². The largest absolute Gasteiger partial charge is 0.334 e. The van der Waals surface area contributed by atoms with E-state index in [9.17, 15) is 4.79 Å². The van der Waals surface area contributed by atoms with Crippen molar-refractivity contribution < 1.29 is 4.79 Å². The highest BCUT2D eigenvalue weighted by Gasteiger charge is 2.30. The monoisotopic (exact) mass is 318 g/mol. The zero-order valence-corrected chi connectivity index (χ0v) is 13.8. The maximum absolute atomic E-state index is 12.6. The molecule has 0 bridgehead atoms. The number of fused-ring (bicyclic) bond motifs is 1. The van der Waals surface area contributed by atoms with Crippen LogP contribution in [0.15, 0.2) is 29.9 Å².